The van der Waals surface area contributed by atoms with Crippen molar-refractivity contribution in [2.75, 3.05) is 0 Å². The van der Waals surface area contributed by atoms with Crippen LogP contribution in [0.15, 0.2) is 0 Å². The van der Waals surface area contributed by atoms with E-state index in [-0.39, 0.29) is 5.41 Å². The van der Waals surface area contributed by atoms with Gasteiger partial charge in [-0.2, -0.15) is 0 Å². The highest BCUT2D eigenvalue weighted by molar-refractivity contribution is 5.10. The van der Waals surface area contributed by atoms with Gasteiger partial charge >= 0.3 is 0 Å². The Hall–Kier alpha value is -0.440. The molecule has 0 aliphatic rings. The molecule has 1 atom stereocenters. The van der Waals surface area contributed by atoms with Crippen LogP contribution in [0.4, 0.5) is 0 Å². The molecule has 0 heteroatoms. The van der Waals surface area contributed by atoms with E-state index in [1.54, 1.807) is 0 Å². The molecule has 0 saturated carbocycles. The second kappa shape index (κ2) is 4.44. The van der Waals surface area contributed by atoms with Crippen molar-refractivity contribution < 1.29 is 0 Å². The molecule has 0 N–H and O–H groups in total. The summed E-state index contributed by atoms with van der Waals surface area (Å²) < 4.78 is 0. The number of hydrogen-bond acceptors (Lipinski definition) is 0. The van der Waals surface area contributed by atoms with E-state index in [0.29, 0.717) is 5.92 Å². The molecule has 0 nitrogen and oxygen atoms in total. The average Bonchev–Trinajstić information content (AvgIpc) is 2.00. The molecule has 0 aliphatic heterocycles. The van der Waals surface area contributed by atoms with E-state index in [4.69, 9.17) is 0 Å². The predicted octanol–water partition coefficient (Wildman–Crippen LogP) is 3.47. The Bertz CT molecular complexity index is 155. The molecule has 0 aliphatic carbocycles. The van der Waals surface area contributed by atoms with Crippen LogP contribution in [-0.2, 0) is 0 Å². The van der Waals surface area contributed by atoms with Gasteiger partial charge in [0.05, 0.1) is 0 Å². The van der Waals surface area contributed by atoms with E-state index in [0.717, 1.165) is 12.8 Å². The third kappa shape index (κ3) is 4.90. The van der Waals surface area contributed by atoms with Crippen molar-refractivity contribution in [3.8, 4) is 11.8 Å². The Balaban J connectivity index is 4.05. The zero-order valence-corrected chi connectivity index (χ0v) is 8.49. The second-order valence-corrected chi connectivity index (χ2v) is 3.82. The van der Waals surface area contributed by atoms with Crippen LogP contribution in [0.3, 0.4) is 0 Å². The SMILES string of the molecule is CCC(C)C#CC(C)(C)CC. The minimum Gasteiger partial charge on any atom is -0.0996 e. The first-order valence-electron chi connectivity index (χ1n) is 4.54. The van der Waals surface area contributed by atoms with Crippen LogP contribution >= 0.6 is 0 Å². The van der Waals surface area contributed by atoms with Crippen LogP contribution in [0.1, 0.15) is 47.5 Å². The van der Waals surface area contributed by atoms with Crippen molar-refractivity contribution in [2.45, 2.75) is 47.5 Å². The van der Waals surface area contributed by atoms with Gasteiger partial charge in [-0.1, -0.05) is 32.6 Å². The minimum atomic E-state index is 0.212. The Morgan fingerprint density at radius 2 is 1.82 bits per heavy atom. The summed E-state index contributed by atoms with van der Waals surface area (Å²) in [4.78, 5) is 0. The monoisotopic (exact) mass is 152 g/mol. The highest BCUT2D eigenvalue weighted by Crippen LogP contribution is 2.17. The van der Waals surface area contributed by atoms with E-state index in [9.17, 15) is 0 Å². The van der Waals surface area contributed by atoms with Crippen molar-refractivity contribution in [2.24, 2.45) is 11.3 Å². The Kier molecular flexibility index (Phi) is 4.26. The first-order chi connectivity index (χ1) is 5.02. The predicted molar refractivity (Wildman–Crippen MR) is 51.3 cm³/mol. The van der Waals surface area contributed by atoms with Crippen molar-refractivity contribution in [1.82, 2.24) is 0 Å². The molecule has 0 heterocycles. The molecule has 0 radical (unpaired) electrons. The molecule has 1 unspecified atom stereocenters. The topological polar surface area (TPSA) is 0 Å². The summed E-state index contributed by atoms with van der Waals surface area (Å²) in [7, 11) is 0. The molecule has 0 spiro atoms. The fourth-order valence-corrected chi connectivity index (χ4v) is 0.509. The quantitative estimate of drug-likeness (QED) is 0.531. The molecule has 0 bridgehead atoms. The lowest BCUT2D eigenvalue weighted by Gasteiger charge is -2.13. The van der Waals surface area contributed by atoms with Gasteiger partial charge in [0, 0.05) is 11.3 Å². The summed E-state index contributed by atoms with van der Waals surface area (Å²) in [6.07, 6.45) is 2.29. The second-order valence-electron chi connectivity index (χ2n) is 3.82. The van der Waals surface area contributed by atoms with E-state index in [1.807, 2.05) is 0 Å². The highest BCUT2D eigenvalue weighted by atomic mass is 14.1. The Morgan fingerprint density at radius 1 is 1.27 bits per heavy atom. The van der Waals surface area contributed by atoms with Crippen LogP contribution in [-0.4, -0.2) is 0 Å². The number of rotatable bonds is 2. The maximum atomic E-state index is 3.31. The lowest BCUT2D eigenvalue weighted by Crippen LogP contribution is -2.05. The van der Waals surface area contributed by atoms with Crippen molar-refractivity contribution in [3.63, 3.8) is 0 Å². The lowest BCUT2D eigenvalue weighted by molar-refractivity contribution is 0.483. The zero-order valence-electron chi connectivity index (χ0n) is 8.49. The molecule has 0 amide bonds. The molecule has 0 aromatic carbocycles. The maximum absolute atomic E-state index is 3.31. The summed E-state index contributed by atoms with van der Waals surface area (Å²) >= 11 is 0. The molecule has 64 valence electrons. The standard InChI is InChI=1S/C11H20/c1-6-10(3)8-9-11(4,5)7-2/h10H,6-7H2,1-5H3. The van der Waals surface area contributed by atoms with Crippen LogP contribution in [0, 0.1) is 23.2 Å². The van der Waals surface area contributed by atoms with Crippen molar-refractivity contribution in [1.29, 1.82) is 0 Å². The first-order valence-corrected chi connectivity index (χ1v) is 4.54. The van der Waals surface area contributed by atoms with Crippen LogP contribution in [0.5, 0.6) is 0 Å². The molecular weight excluding hydrogens is 132 g/mol. The maximum Gasteiger partial charge on any atom is 0.0255 e. The smallest absolute Gasteiger partial charge is 0.0255 e. The number of hydrogen-bond donors (Lipinski definition) is 0. The van der Waals surface area contributed by atoms with Crippen LogP contribution in [0.25, 0.3) is 0 Å². The van der Waals surface area contributed by atoms with Gasteiger partial charge in [0.2, 0.25) is 0 Å². The molecule has 11 heavy (non-hydrogen) atoms. The van der Waals surface area contributed by atoms with E-state index >= 15 is 0 Å². The van der Waals surface area contributed by atoms with Gasteiger partial charge < -0.3 is 0 Å². The largest absolute Gasteiger partial charge is 0.0996 e. The van der Waals surface area contributed by atoms with E-state index < -0.39 is 0 Å². The fraction of sp³-hybridized carbons (Fsp3) is 0.818. The normalized spacial score (nSPS) is 13.5. The third-order valence-corrected chi connectivity index (χ3v) is 2.15. The van der Waals surface area contributed by atoms with Gasteiger partial charge in [0.25, 0.3) is 0 Å². The van der Waals surface area contributed by atoms with Gasteiger partial charge in [0.15, 0.2) is 0 Å². The summed E-state index contributed by atoms with van der Waals surface area (Å²) in [6.45, 7) is 10.9. The van der Waals surface area contributed by atoms with E-state index in [1.165, 1.54) is 0 Å². The Labute approximate surface area is 71.4 Å². The molecule has 0 aromatic rings. The van der Waals surface area contributed by atoms with Gasteiger partial charge in [-0.15, -0.1) is 0 Å². The van der Waals surface area contributed by atoms with Gasteiger partial charge in [-0.3, -0.25) is 0 Å². The summed E-state index contributed by atoms with van der Waals surface area (Å²) in [5.74, 6) is 7.14. The van der Waals surface area contributed by atoms with Gasteiger partial charge in [0.1, 0.15) is 0 Å². The lowest BCUT2D eigenvalue weighted by atomic mass is 9.90. The minimum absolute atomic E-state index is 0.212. The molecule has 0 aromatic heterocycles. The van der Waals surface area contributed by atoms with Gasteiger partial charge in [-0.25, -0.2) is 0 Å². The Morgan fingerprint density at radius 3 is 2.18 bits per heavy atom. The first kappa shape index (κ1) is 10.6. The van der Waals surface area contributed by atoms with Crippen LogP contribution in [0.2, 0.25) is 0 Å². The average molecular weight is 152 g/mol. The highest BCUT2D eigenvalue weighted by Gasteiger charge is 2.09. The summed E-state index contributed by atoms with van der Waals surface area (Å²) in [5, 5.41) is 0. The molecule has 0 saturated heterocycles. The van der Waals surface area contributed by atoms with Gasteiger partial charge in [-0.05, 0) is 26.7 Å². The molecule has 0 fully saturated rings. The summed E-state index contributed by atoms with van der Waals surface area (Å²) in [5.41, 5.74) is 0.212. The molecule has 0 rings (SSSR count). The molecular formula is C11H20. The summed E-state index contributed by atoms with van der Waals surface area (Å²) in [6, 6.07) is 0. The zero-order chi connectivity index (χ0) is 8.91. The third-order valence-electron chi connectivity index (χ3n) is 2.15. The van der Waals surface area contributed by atoms with E-state index in [2.05, 4.69) is 46.5 Å². The fourth-order valence-electron chi connectivity index (χ4n) is 0.509. The van der Waals surface area contributed by atoms with Crippen LogP contribution < -0.4 is 0 Å². The van der Waals surface area contributed by atoms with Crippen molar-refractivity contribution in [3.05, 3.63) is 0 Å². The van der Waals surface area contributed by atoms with Crippen molar-refractivity contribution >= 4 is 0 Å².